The smallest absolute Gasteiger partial charge is 0.316 e. The molecule has 4 amide bonds. The van der Waals surface area contributed by atoms with Crippen LogP contribution in [0.1, 0.15) is 230 Å². The average molecular weight is 1660 g/mol. The maximum atomic E-state index is 13.3. The molecule has 0 spiro atoms. The van der Waals surface area contributed by atoms with Crippen LogP contribution in [0.15, 0.2) is 127 Å². The number of hydrogen-bond donors (Lipinski definition) is 9. The zero-order valence-corrected chi connectivity index (χ0v) is 71.4. The van der Waals surface area contributed by atoms with Gasteiger partial charge in [-0.15, -0.1) is 30.6 Å². The predicted octanol–water partition coefficient (Wildman–Crippen LogP) is 15.5. The molecule has 13 rings (SSSR count). The van der Waals surface area contributed by atoms with E-state index in [-0.39, 0.29) is 50.6 Å². The van der Waals surface area contributed by atoms with Gasteiger partial charge in [-0.05, 0) is 176 Å². The number of H-pyrrole nitrogens is 3. The summed E-state index contributed by atoms with van der Waals surface area (Å²) in [6.45, 7) is 37.3. The summed E-state index contributed by atoms with van der Waals surface area (Å²) in [5.41, 5.74) is 13.2. The number of likely N-dealkylation sites (tertiary alicyclic amines) is 1. The van der Waals surface area contributed by atoms with E-state index in [0.717, 1.165) is 82.8 Å². The van der Waals surface area contributed by atoms with E-state index >= 15 is 0 Å². The lowest BCUT2D eigenvalue weighted by Crippen LogP contribution is -2.35. The number of fused-ring (bicyclic) bond motifs is 3. The van der Waals surface area contributed by atoms with Crippen LogP contribution >= 0.6 is 23.2 Å². The van der Waals surface area contributed by atoms with Gasteiger partial charge in [-0.2, -0.15) is 12.6 Å². The fourth-order valence-corrected chi connectivity index (χ4v) is 15.0. The van der Waals surface area contributed by atoms with Crippen molar-refractivity contribution < 1.29 is 44.4 Å². The molecule has 6 aromatic heterocycles. The van der Waals surface area contributed by atoms with E-state index in [9.17, 15) is 31.8 Å². The molecule has 34 heteroatoms. The SMILES string of the molecule is Cc1cc(C)c(OS(=O)Nc2ccc(C)c(C(=O)NC(C)c3nnc4cc(C(C)(C)C)[nH]n34)c2)c(C)c1.Cc1ccc(NS(=O)Oc2cc(Cl)ccc2Cl)cc1C(=O)NC(C)c1nnc2cc(C(C)(C)C)[nH]n12.Cc1ccc(NS(=O)Oc2cccc(C(=O)N3CCCCC3)c2)cc1C(=O)NC(C)c1nnc2cc(C(C)(C)C)[nH]n12. The fourth-order valence-electron chi connectivity index (χ4n) is 12.6. The monoisotopic (exact) mass is 1660 g/mol. The van der Waals surface area contributed by atoms with Crippen molar-refractivity contribution in [1.29, 1.82) is 0 Å². The largest absolute Gasteiger partial charge is 0.385 e. The number of amides is 4. The van der Waals surface area contributed by atoms with E-state index in [2.05, 4.69) is 138 Å². The van der Waals surface area contributed by atoms with Gasteiger partial charge < -0.3 is 33.4 Å². The van der Waals surface area contributed by atoms with Gasteiger partial charge in [0.1, 0.15) is 11.5 Å². The van der Waals surface area contributed by atoms with Gasteiger partial charge in [0.05, 0.1) is 40.2 Å². The molecule has 29 nitrogen and oxygen atoms in total. The Bertz CT molecular complexity index is 5660. The number of aryl methyl sites for hydroxylation is 6. The lowest BCUT2D eigenvalue weighted by atomic mass is 9.93. The van der Waals surface area contributed by atoms with Gasteiger partial charge in [0.15, 0.2) is 40.2 Å². The van der Waals surface area contributed by atoms with Gasteiger partial charge in [0.2, 0.25) is 0 Å². The molecule has 1 fully saturated rings. The topological polar surface area (TPSA) is 361 Å². The van der Waals surface area contributed by atoms with Crippen molar-refractivity contribution in [2.45, 2.75) is 178 Å². The molecule has 0 saturated carbocycles. The molecule has 6 atom stereocenters. The van der Waals surface area contributed by atoms with Crippen LogP contribution in [0.5, 0.6) is 17.2 Å². The minimum Gasteiger partial charge on any atom is -0.385 e. The van der Waals surface area contributed by atoms with Crippen molar-refractivity contribution in [3.05, 3.63) is 228 Å². The number of aromatic amines is 3. The summed E-state index contributed by atoms with van der Waals surface area (Å²) in [6, 6.07) is 35.3. The Kier molecular flexibility index (Phi) is 26.2. The zero-order valence-electron chi connectivity index (χ0n) is 67.4. The highest BCUT2D eigenvalue weighted by atomic mass is 35.5. The lowest BCUT2D eigenvalue weighted by Gasteiger charge is -2.26. The molecule has 1 saturated heterocycles. The number of hydrogen-bond acceptors (Lipinski definition) is 16. The zero-order chi connectivity index (χ0) is 83.3. The van der Waals surface area contributed by atoms with E-state index < -0.39 is 51.9 Å². The van der Waals surface area contributed by atoms with E-state index in [0.29, 0.717) is 90.3 Å². The molecule has 7 heterocycles. The first-order chi connectivity index (χ1) is 54.2. The Balaban J connectivity index is 0.000000170. The first-order valence-electron chi connectivity index (χ1n) is 37.4. The number of piperidine rings is 1. The van der Waals surface area contributed by atoms with Crippen molar-refractivity contribution in [3.8, 4) is 17.2 Å². The second-order valence-corrected chi connectivity index (χ2v) is 35.0. The number of carbonyl (C=O) groups is 4. The third-order valence-electron chi connectivity index (χ3n) is 19.1. The minimum absolute atomic E-state index is 0.0555. The number of rotatable bonds is 22. The summed E-state index contributed by atoms with van der Waals surface area (Å²) in [4.78, 5) is 54.3. The fraction of sp³-hybridized carbons (Fsp3) is 0.358. The van der Waals surface area contributed by atoms with Gasteiger partial charge in [-0.1, -0.05) is 127 Å². The highest BCUT2D eigenvalue weighted by Crippen LogP contribution is 2.33. The summed E-state index contributed by atoms with van der Waals surface area (Å²) < 4.78 is 68.4. The number of aromatic nitrogens is 12. The second kappa shape index (κ2) is 35.4. The average Bonchev–Trinajstić information content (AvgIpc) is 1.63. The van der Waals surface area contributed by atoms with Crippen molar-refractivity contribution >= 4 is 115 Å². The summed E-state index contributed by atoms with van der Waals surface area (Å²) >= 11 is 6.24. The molecule has 0 radical (unpaired) electrons. The number of benzene rings is 6. The van der Waals surface area contributed by atoms with Gasteiger partial charge >= 0.3 is 33.8 Å². The number of nitrogens with zero attached hydrogens (tertiary/aromatic N) is 10. The first-order valence-corrected chi connectivity index (χ1v) is 41.3. The van der Waals surface area contributed by atoms with Gasteiger partial charge in [0.25, 0.3) is 23.6 Å². The van der Waals surface area contributed by atoms with E-state index in [1.165, 1.54) is 6.07 Å². The van der Waals surface area contributed by atoms with Crippen molar-refractivity contribution in [3.63, 3.8) is 0 Å². The number of nitrogens with one attached hydrogen (secondary N) is 9. The maximum Gasteiger partial charge on any atom is 0.316 e. The molecular weight excluding hydrogens is 1570 g/mol. The van der Waals surface area contributed by atoms with Crippen LogP contribution in [0.3, 0.4) is 0 Å². The normalized spacial score (nSPS) is 14.1. The lowest BCUT2D eigenvalue weighted by molar-refractivity contribution is 0.0723. The quantitative estimate of drug-likeness (QED) is 0.0304. The first kappa shape index (κ1) is 85.0. The number of carbonyl (C=O) groups excluding carboxylic acids is 4. The van der Waals surface area contributed by atoms with Crippen LogP contribution in [-0.4, -0.2) is 114 Å². The van der Waals surface area contributed by atoms with Crippen molar-refractivity contribution in [2.24, 2.45) is 0 Å². The molecule has 0 bridgehead atoms. The summed E-state index contributed by atoms with van der Waals surface area (Å²) in [6.07, 6.45) is 3.14. The summed E-state index contributed by atoms with van der Waals surface area (Å²) in [7, 11) is 0. The molecule has 6 aromatic carbocycles. The molecule has 9 N–H and O–H groups in total. The molecule has 6 unspecified atom stereocenters. The van der Waals surface area contributed by atoms with Gasteiger partial charge in [-0.3, -0.25) is 48.6 Å². The van der Waals surface area contributed by atoms with Crippen LogP contribution < -0.4 is 42.7 Å². The molecular formula is C81H97Cl2N19O10S3. The molecule has 12 aromatic rings. The Hall–Kier alpha value is -10.9. The summed E-state index contributed by atoms with van der Waals surface area (Å²) in [5.74, 6) is 1.87. The molecule has 1 aliphatic rings. The minimum atomic E-state index is -1.98. The van der Waals surface area contributed by atoms with Crippen LogP contribution in [0.4, 0.5) is 17.1 Å². The summed E-state index contributed by atoms with van der Waals surface area (Å²) in [5, 5.41) is 45.1. The Morgan fingerprint density at radius 1 is 0.443 bits per heavy atom. The predicted molar refractivity (Wildman–Crippen MR) is 450 cm³/mol. The van der Waals surface area contributed by atoms with Gasteiger partial charge in [-0.25, -0.2) is 13.5 Å². The molecule has 1 aliphatic heterocycles. The van der Waals surface area contributed by atoms with Crippen LogP contribution in [-0.2, 0) is 50.0 Å². The van der Waals surface area contributed by atoms with E-state index in [1.54, 1.807) is 105 Å². The Morgan fingerprint density at radius 2 is 0.826 bits per heavy atom. The standard InChI is InChI=1S/C30H37N7O4S.C27H34N6O3S.C24H26Cl2N6O3S/c1-19-12-13-22(35-42(40)41-23-11-9-10-21(16-23)29(39)36-14-7-6-8-15-36)17-24(19)28(38)31-20(2)27-33-32-26-18-25(30(3,4)5)34-37(26)27;1-15-11-17(3)24(18(4)12-15)36-37(35)32-20-10-9-16(2)21(13-20)26(34)28-19(5)25-30-29-23-14-22(27(6,7)8)31-33(23)25;1-13-6-8-16(31-36(34)35-19-10-15(25)7-9-18(19)26)11-17(13)23(33)27-14(2)22-29-28-21-12-20(24(3,4)5)30-32(21)22/h9-13,16-18,20,34-35H,6-8,14-15H2,1-5H3,(H,31,38);9-14,19,31-32H,1-8H3,(H,28,34);6-12,14,30-31H,1-5H3,(H,27,33). The third-order valence-corrected chi connectivity index (χ3v) is 21.8. The van der Waals surface area contributed by atoms with E-state index in [4.69, 9.17) is 35.8 Å². The van der Waals surface area contributed by atoms with Crippen LogP contribution in [0.25, 0.3) is 16.9 Å². The Morgan fingerprint density at radius 3 is 1.22 bits per heavy atom. The third kappa shape index (κ3) is 21.0. The van der Waals surface area contributed by atoms with E-state index in [1.807, 2.05) is 97.5 Å². The number of halogens is 2. The molecule has 608 valence electrons. The van der Waals surface area contributed by atoms with Crippen LogP contribution in [0.2, 0.25) is 10.0 Å². The Labute approximate surface area is 685 Å². The van der Waals surface area contributed by atoms with Crippen molar-refractivity contribution in [1.82, 2.24) is 80.3 Å². The highest BCUT2D eigenvalue weighted by Gasteiger charge is 2.29. The van der Waals surface area contributed by atoms with Gasteiger partial charge in [0, 0.05) is 98.0 Å². The second-order valence-electron chi connectivity index (χ2n) is 31.6. The highest BCUT2D eigenvalue weighted by molar-refractivity contribution is 7.82. The van der Waals surface area contributed by atoms with Crippen molar-refractivity contribution in [2.75, 3.05) is 27.3 Å². The molecule has 0 aliphatic carbocycles. The van der Waals surface area contributed by atoms with Crippen LogP contribution in [0, 0.1) is 41.5 Å². The number of anilines is 3. The molecule has 115 heavy (non-hydrogen) atoms. The maximum absolute atomic E-state index is 13.3.